The van der Waals surface area contributed by atoms with Crippen molar-refractivity contribution in [1.82, 2.24) is 10.2 Å². The van der Waals surface area contributed by atoms with Crippen LogP contribution in [0.2, 0.25) is 0 Å². The van der Waals surface area contributed by atoms with Crippen LogP contribution in [0.15, 0.2) is 42.5 Å². The summed E-state index contributed by atoms with van der Waals surface area (Å²) in [5.41, 5.74) is 0.783. The van der Waals surface area contributed by atoms with E-state index < -0.39 is 5.82 Å². The summed E-state index contributed by atoms with van der Waals surface area (Å²) in [6.07, 6.45) is 0.746. The Morgan fingerprint density at radius 1 is 1.21 bits per heavy atom. The molecular formula is C24H28FN3O5. The summed E-state index contributed by atoms with van der Waals surface area (Å²) >= 11 is 0. The van der Waals surface area contributed by atoms with Crippen molar-refractivity contribution < 1.29 is 28.2 Å². The van der Waals surface area contributed by atoms with E-state index in [1.807, 2.05) is 19.0 Å². The van der Waals surface area contributed by atoms with Crippen LogP contribution in [0.3, 0.4) is 0 Å². The number of anilines is 1. The standard InChI is InChI=1S/C24H28FN3O5/c1-27(2)13-11-26-23(30)8-5-12-28-19-14-17(9-10-22(19)33-16-24(28)31)20(29)15-32-21-7-4-3-6-18(21)25/h3-4,6-7,9-10,14H,5,8,11-13,15-16H2,1-2H3,(H,26,30). The van der Waals surface area contributed by atoms with Gasteiger partial charge in [0, 0.05) is 31.6 Å². The molecule has 1 heterocycles. The molecule has 0 aromatic heterocycles. The van der Waals surface area contributed by atoms with E-state index in [9.17, 15) is 18.8 Å². The molecule has 0 radical (unpaired) electrons. The molecule has 0 atom stereocenters. The number of para-hydroxylation sites is 1. The van der Waals surface area contributed by atoms with E-state index in [-0.39, 0.29) is 43.0 Å². The first-order valence-electron chi connectivity index (χ1n) is 10.7. The number of Topliss-reactive ketones (excluding diaryl/α,β-unsaturated/α-hetero) is 1. The molecule has 2 aromatic rings. The van der Waals surface area contributed by atoms with Crippen LogP contribution in [-0.4, -0.2) is 69.4 Å². The minimum atomic E-state index is -0.549. The number of rotatable bonds is 11. The Labute approximate surface area is 192 Å². The number of nitrogens with one attached hydrogen (secondary N) is 1. The van der Waals surface area contributed by atoms with Crippen LogP contribution in [0.5, 0.6) is 11.5 Å². The Balaban J connectivity index is 1.61. The minimum absolute atomic E-state index is 0.00666. The average Bonchev–Trinajstić information content (AvgIpc) is 2.79. The number of amides is 2. The third-order valence-corrected chi connectivity index (χ3v) is 5.09. The molecular weight excluding hydrogens is 429 g/mol. The average molecular weight is 458 g/mol. The number of fused-ring (bicyclic) bond motifs is 1. The van der Waals surface area contributed by atoms with Crippen molar-refractivity contribution in [2.45, 2.75) is 12.8 Å². The lowest BCUT2D eigenvalue weighted by Gasteiger charge is -2.29. The van der Waals surface area contributed by atoms with Gasteiger partial charge >= 0.3 is 0 Å². The Hall–Kier alpha value is -3.46. The van der Waals surface area contributed by atoms with Crippen molar-refractivity contribution in [2.75, 3.05) is 51.8 Å². The molecule has 0 bridgehead atoms. The number of carbonyl (C=O) groups excluding carboxylic acids is 3. The van der Waals surface area contributed by atoms with Crippen LogP contribution < -0.4 is 19.7 Å². The molecule has 0 unspecified atom stereocenters. The van der Waals surface area contributed by atoms with Crippen molar-refractivity contribution in [3.8, 4) is 11.5 Å². The zero-order valence-corrected chi connectivity index (χ0v) is 18.8. The maximum Gasteiger partial charge on any atom is 0.265 e. The van der Waals surface area contributed by atoms with Crippen molar-refractivity contribution in [2.24, 2.45) is 0 Å². The Morgan fingerprint density at radius 3 is 2.76 bits per heavy atom. The van der Waals surface area contributed by atoms with Gasteiger partial charge in [0.2, 0.25) is 5.91 Å². The maximum atomic E-state index is 13.7. The molecule has 8 nitrogen and oxygen atoms in total. The first-order valence-corrected chi connectivity index (χ1v) is 10.7. The van der Waals surface area contributed by atoms with Crippen LogP contribution in [0.4, 0.5) is 10.1 Å². The third kappa shape index (κ3) is 6.76. The normalized spacial score (nSPS) is 12.8. The predicted molar refractivity (Wildman–Crippen MR) is 121 cm³/mol. The minimum Gasteiger partial charge on any atom is -0.482 e. The van der Waals surface area contributed by atoms with E-state index in [1.54, 1.807) is 24.3 Å². The molecule has 9 heteroatoms. The fraction of sp³-hybridized carbons (Fsp3) is 0.375. The zero-order valence-electron chi connectivity index (χ0n) is 18.8. The van der Waals surface area contributed by atoms with E-state index in [1.165, 1.54) is 23.1 Å². The molecule has 1 aliphatic heterocycles. The van der Waals surface area contributed by atoms with Crippen molar-refractivity contribution >= 4 is 23.3 Å². The Bertz CT molecular complexity index is 1010. The molecule has 0 fully saturated rings. The summed E-state index contributed by atoms with van der Waals surface area (Å²) in [6, 6.07) is 10.6. The monoisotopic (exact) mass is 457 g/mol. The lowest BCUT2D eigenvalue weighted by molar-refractivity contribution is -0.122. The van der Waals surface area contributed by atoms with Gasteiger partial charge in [0.1, 0.15) is 5.75 Å². The topological polar surface area (TPSA) is 88.2 Å². The number of halogens is 1. The number of likely N-dealkylation sites (N-methyl/N-ethyl adjacent to an activating group) is 1. The first kappa shape index (κ1) is 24.2. The maximum absolute atomic E-state index is 13.7. The number of ketones is 1. The molecule has 1 aliphatic rings. The number of hydrogen-bond acceptors (Lipinski definition) is 6. The van der Waals surface area contributed by atoms with Gasteiger partial charge < -0.3 is 24.6 Å². The van der Waals surface area contributed by atoms with Crippen LogP contribution in [0.25, 0.3) is 0 Å². The van der Waals surface area contributed by atoms with Crippen molar-refractivity contribution in [3.05, 3.63) is 53.8 Å². The highest BCUT2D eigenvalue weighted by molar-refractivity contribution is 6.02. The largest absolute Gasteiger partial charge is 0.482 e. The van der Waals surface area contributed by atoms with Gasteiger partial charge in [0.15, 0.2) is 30.6 Å². The summed E-state index contributed by atoms with van der Waals surface area (Å²) < 4.78 is 24.5. The Morgan fingerprint density at radius 2 is 2.00 bits per heavy atom. The van der Waals surface area contributed by atoms with E-state index in [0.717, 1.165) is 6.54 Å². The molecule has 33 heavy (non-hydrogen) atoms. The van der Waals surface area contributed by atoms with E-state index >= 15 is 0 Å². The van der Waals surface area contributed by atoms with Crippen LogP contribution in [-0.2, 0) is 9.59 Å². The summed E-state index contributed by atoms with van der Waals surface area (Å²) in [6.45, 7) is 1.18. The summed E-state index contributed by atoms with van der Waals surface area (Å²) in [4.78, 5) is 40.6. The highest BCUT2D eigenvalue weighted by Crippen LogP contribution is 2.33. The second-order valence-electron chi connectivity index (χ2n) is 7.92. The molecule has 0 saturated carbocycles. The molecule has 2 aromatic carbocycles. The van der Waals surface area contributed by atoms with Gasteiger partial charge in [-0.15, -0.1) is 0 Å². The quantitative estimate of drug-likeness (QED) is 0.521. The smallest absolute Gasteiger partial charge is 0.265 e. The summed E-state index contributed by atoms with van der Waals surface area (Å²) in [5.74, 6) is -0.759. The molecule has 0 spiro atoms. The first-order chi connectivity index (χ1) is 15.8. The van der Waals surface area contributed by atoms with Gasteiger partial charge in [0.05, 0.1) is 5.69 Å². The van der Waals surface area contributed by atoms with E-state index in [2.05, 4.69) is 5.32 Å². The van der Waals surface area contributed by atoms with Gasteiger partial charge in [-0.05, 0) is 50.8 Å². The van der Waals surface area contributed by atoms with Gasteiger partial charge in [-0.1, -0.05) is 12.1 Å². The van der Waals surface area contributed by atoms with Crippen molar-refractivity contribution in [1.29, 1.82) is 0 Å². The summed E-state index contributed by atoms with van der Waals surface area (Å²) in [7, 11) is 3.86. The number of benzene rings is 2. The SMILES string of the molecule is CN(C)CCNC(=O)CCCN1C(=O)COc2ccc(C(=O)COc3ccccc3F)cc21. The number of hydrogen-bond donors (Lipinski definition) is 1. The molecule has 0 saturated heterocycles. The number of carbonyl (C=O) groups is 3. The van der Waals surface area contributed by atoms with Crippen LogP contribution in [0.1, 0.15) is 23.2 Å². The molecule has 0 aliphatic carbocycles. The van der Waals surface area contributed by atoms with Gasteiger partial charge in [-0.25, -0.2) is 4.39 Å². The van der Waals surface area contributed by atoms with Gasteiger partial charge in [-0.2, -0.15) is 0 Å². The Kier molecular flexibility index (Phi) is 8.37. The summed E-state index contributed by atoms with van der Waals surface area (Å²) in [5, 5.41) is 2.84. The molecule has 1 N–H and O–H groups in total. The molecule has 176 valence electrons. The van der Waals surface area contributed by atoms with Gasteiger partial charge in [-0.3, -0.25) is 14.4 Å². The van der Waals surface area contributed by atoms with Crippen LogP contribution >= 0.6 is 0 Å². The highest BCUT2D eigenvalue weighted by Gasteiger charge is 2.26. The second-order valence-corrected chi connectivity index (χ2v) is 7.92. The molecule has 3 rings (SSSR count). The fourth-order valence-electron chi connectivity index (χ4n) is 3.31. The van der Waals surface area contributed by atoms with Gasteiger partial charge in [0.25, 0.3) is 5.91 Å². The van der Waals surface area contributed by atoms with Crippen LogP contribution in [0, 0.1) is 5.82 Å². The number of ether oxygens (including phenoxy) is 2. The third-order valence-electron chi connectivity index (χ3n) is 5.09. The van der Waals surface area contributed by atoms with E-state index in [4.69, 9.17) is 9.47 Å². The molecule has 2 amide bonds. The second kappa shape index (κ2) is 11.4. The number of nitrogens with zero attached hydrogens (tertiary/aromatic N) is 2. The highest BCUT2D eigenvalue weighted by atomic mass is 19.1. The van der Waals surface area contributed by atoms with Crippen molar-refractivity contribution in [3.63, 3.8) is 0 Å². The lowest BCUT2D eigenvalue weighted by Crippen LogP contribution is -2.40. The predicted octanol–water partition coefficient (Wildman–Crippen LogP) is 2.27. The zero-order chi connectivity index (χ0) is 23.8. The van der Waals surface area contributed by atoms with E-state index in [0.29, 0.717) is 36.5 Å². The fourth-order valence-corrected chi connectivity index (χ4v) is 3.31. The lowest BCUT2D eigenvalue weighted by atomic mass is 10.1.